The number of fused-ring (bicyclic) bond motifs is 3. The fourth-order valence-electron chi connectivity index (χ4n) is 6.16. The highest BCUT2D eigenvalue weighted by molar-refractivity contribution is 5.62. The van der Waals surface area contributed by atoms with Crippen molar-refractivity contribution in [2.45, 2.75) is 50.4 Å². The maximum absolute atomic E-state index is 13.5. The number of hydrogen-bond acceptors (Lipinski definition) is 3. The Hall–Kier alpha value is -3.02. The van der Waals surface area contributed by atoms with Crippen molar-refractivity contribution in [3.05, 3.63) is 102 Å². The summed E-state index contributed by atoms with van der Waals surface area (Å²) >= 11 is 0. The minimum absolute atomic E-state index is 0.0350. The molecule has 0 bridgehead atoms. The van der Waals surface area contributed by atoms with Gasteiger partial charge in [0.05, 0.1) is 35.7 Å². The zero-order valence-electron chi connectivity index (χ0n) is 19.3. The van der Waals surface area contributed by atoms with Crippen molar-refractivity contribution < 1.29 is 13.9 Å². The second-order valence-electron chi connectivity index (χ2n) is 9.72. The van der Waals surface area contributed by atoms with Crippen molar-refractivity contribution in [1.29, 1.82) is 0 Å². The molecule has 1 saturated carbocycles. The molecular formula is C29H29FN2O2. The van der Waals surface area contributed by atoms with E-state index in [-0.39, 0.29) is 17.3 Å². The third-order valence-electron chi connectivity index (χ3n) is 7.69. The third kappa shape index (κ3) is 3.38. The molecule has 1 saturated heterocycles. The zero-order chi connectivity index (χ0) is 23.2. The van der Waals surface area contributed by atoms with Gasteiger partial charge in [-0.05, 0) is 73.6 Å². The van der Waals surface area contributed by atoms with Gasteiger partial charge in [0.1, 0.15) is 5.82 Å². The monoisotopic (exact) mass is 456 g/mol. The van der Waals surface area contributed by atoms with Gasteiger partial charge in [0.15, 0.2) is 5.79 Å². The molecule has 34 heavy (non-hydrogen) atoms. The highest BCUT2D eigenvalue weighted by Crippen LogP contribution is 2.59. The largest absolute Gasteiger partial charge is 0.346 e. The molecular weight excluding hydrogens is 427 g/mol. The summed E-state index contributed by atoms with van der Waals surface area (Å²) < 4.78 is 28.9. The zero-order valence-corrected chi connectivity index (χ0v) is 19.3. The topological polar surface area (TPSA) is 36.3 Å². The second-order valence-corrected chi connectivity index (χ2v) is 9.72. The normalized spacial score (nSPS) is 27.8. The summed E-state index contributed by atoms with van der Waals surface area (Å²) in [6, 6.07) is 17.2. The average Bonchev–Trinajstić information content (AvgIpc) is 3.45. The Bertz CT molecular complexity index is 1230. The predicted molar refractivity (Wildman–Crippen MR) is 130 cm³/mol. The molecule has 1 aliphatic heterocycles. The molecule has 2 heterocycles. The first-order valence-electron chi connectivity index (χ1n) is 12.1. The van der Waals surface area contributed by atoms with Crippen LogP contribution >= 0.6 is 0 Å². The van der Waals surface area contributed by atoms with Crippen molar-refractivity contribution in [2.24, 2.45) is 5.41 Å². The summed E-state index contributed by atoms with van der Waals surface area (Å²) in [5.74, 6) is -0.903. The summed E-state index contributed by atoms with van der Waals surface area (Å²) in [7, 11) is 0. The lowest BCUT2D eigenvalue weighted by Gasteiger charge is -2.53. The van der Waals surface area contributed by atoms with Gasteiger partial charge in [-0.15, -0.1) is 6.58 Å². The van der Waals surface area contributed by atoms with E-state index in [9.17, 15) is 4.39 Å². The fourth-order valence-corrected chi connectivity index (χ4v) is 6.16. The number of rotatable bonds is 5. The molecule has 0 N–H and O–H groups in total. The van der Waals surface area contributed by atoms with E-state index in [2.05, 4.69) is 43.0 Å². The Morgan fingerprint density at radius 2 is 1.97 bits per heavy atom. The Morgan fingerprint density at radius 1 is 1.15 bits per heavy atom. The van der Waals surface area contributed by atoms with Gasteiger partial charge in [-0.25, -0.2) is 9.07 Å². The van der Waals surface area contributed by atoms with Gasteiger partial charge in [-0.3, -0.25) is 0 Å². The van der Waals surface area contributed by atoms with E-state index >= 15 is 0 Å². The molecule has 2 aliphatic carbocycles. The molecule has 174 valence electrons. The van der Waals surface area contributed by atoms with Crippen molar-refractivity contribution in [3.8, 4) is 5.69 Å². The van der Waals surface area contributed by atoms with E-state index in [1.54, 1.807) is 12.1 Å². The standard InChI is InChI=1S/C29H29FN2O2/c1-2-7-26-20-33-29(34-26)15-6-10-23-16-27-22(18-28(23,29)17-21-8-4-3-5-9-21)19-31-32(27)25-13-11-24(30)12-14-25/h2-5,8-9,11-14,16,19,26H,1,6-7,10,15,17-18,20H2. The van der Waals surface area contributed by atoms with E-state index in [0.29, 0.717) is 6.61 Å². The van der Waals surface area contributed by atoms with Gasteiger partial charge >= 0.3 is 0 Å². The molecule has 3 aromatic rings. The van der Waals surface area contributed by atoms with E-state index < -0.39 is 5.79 Å². The molecule has 2 aromatic carbocycles. The van der Waals surface area contributed by atoms with Gasteiger partial charge in [-0.1, -0.05) is 42.0 Å². The molecule has 0 amide bonds. The molecule has 3 aliphatic rings. The number of nitrogens with zero attached hydrogens (tertiary/aromatic N) is 2. The number of ether oxygens (including phenoxy) is 2. The maximum atomic E-state index is 13.5. The van der Waals surface area contributed by atoms with Crippen LogP contribution < -0.4 is 0 Å². The van der Waals surface area contributed by atoms with Crippen LogP contribution in [0.2, 0.25) is 0 Å². The minimum Gasteiger partial charge on any atom is -0.346 e. The lowest BCUT2D eigenvalue weighted by molar-refractivity contribution is -0.247. The predicted octanol–water partition coefficient (Wildman–Crippen LogP) is 6.05. The Morgan fingerprint density at radius 3 is 2.76 bits per heavy atom. The second kappa shape index (κ2) is 8.33. The first-order valence-corrected chi connectivity index (χ1v) is 12.1. The van der Waals surface area contributed by atoms with Gasteiger partial charge in [-0.2, -0.15) is 5.10 Å². The first-order chi connectivity index (χ1) is 16.6. The quantitative estimate of drug-likeness (QED) is 0.439. The third-order valence-corrected chi connectivity index (χ3v) is 7.69. The van der Waals surface area contributed by atoms with Crippen LogP contribution in [0.15, 0.2) is 79.0 Å². The molecule has 6 rings (SSSR count). The van der Waals surface area contributed by atoms with Gasteiger partial charge < -0.3 is 9.47 Å². The Kier molecular flexibility index (Phi) is 5.27. The van der Waals surface area contributed by atoms with Crippen LogP contribution in [0.3, 0.4) is 0 Å². The van der Waals surface area contributed by atoms with Crippen LogP contribution in [0.1, 0.15) is 42.5 Å². The minimum atomic E-state index is -0.656. The summed E-state index contributed by atoms with van der Waals surface area (Å²) in [4.78, 5) is 0. The van der Waals surface area contributed by atoms with Crippen LogP contribution in [0.25, 0.3) is 11.8 Å². The lowest BCUT2D eigenvalue weighted by atomic mass is 9.58. The van der Waals surface area contributed by atoms with Gasteiger partial charge in [0, 0.05) is 6.42 Å². The van der Waals surface area contributed by atoms with Crippen LogP contribution in [-0.2, 0) is 22.3 Å². The highest BCUT2D eigenvalue weighted by atomic mass is 19.1. The summed E-state index contributed by atoms with van der Waals surface area (Å²) in [6.45, 7) is 4.50. The van der Waals surface area contributed by atoms with E-state index in [4.69, 9.17) is 14.6 Å². The lowest BCUT2D eigenvalue weighted by Crippen LogP contribution is -2.56. The highest BCUT2D eigenvalue weighted by Gasteiger charge is 2.61. The summed E-state index contributed by atoms with van der Waals surface area (Å²) in [5.41, 5.74) is 5.45. The number of aromatic nitrogens is 2. The van der Waals surface area contributed by atoms with Crippen molar-refractivity contribution in [2.75, 3.05) is 6.61 Å². The summed E-state index contributed by atoms with van der Waals surface area (Å²) in [6.07, 6.45) is 11.5. The first kappa shape index (κ1) is 21.5. The van der Waals surface area contributed by atoms with Crippen molar-refractivity contribution in [1.82, 2.24) is 9.78 Å². The fraction of sp³-hybridized carbons (Fsp3) is 0.345. The van der Waals surface area contributed by atoms with E-state index in [1.807, 2.05) is 17.0 Å². The molecule has 3 atom stereocenters. The van der Waals surface area contributed by atoms with Gasteiger partial charge in [0.2, 0.25) is 0 Å². The molecule has 0 radical (unpaired) electrons. The molecule has 3 unspecified atom stereocenters. The molecule has 1 spiro atoms. The summed E-state index contributed by atoms with van der Waals surface area (Å²) in [5, 5.41) is 4.71. The Balaban J connectivity index is 1.47. The van der Waals surface area contributed by atoms with Gasteiger partial charge in [0.25, 0.3) is 0 Å². The SMILES string of the molecule is C=CCC1COC2(CCCC3=Cc4c(cnn4-c4ccc(F)cc4)CC32Cc2ccccc2)O1. The smallest absolute Gasteiger partial charge is 0.178 e. The number of benzene rings is 2. The molecule has 1 aromatic heterocycles. The van der Waals surface area contributed by atoms with Crippen LogP contribution in [0, 0.1) is 11.2 Å². The van der Waals surface area contributed by atoms with E-state index in [0.717, 1.165) is 49.9 Å². The Labute approximate surface area is 199 Å². The number of halogens is 1. The van der Waals surface area contributed by atoms with Crippen LogP contribution in [0.4, 0.5) is 4.39 Å². The molecule has 4 nitrogen and oxygen atoms in total. The number of hydrogen-bond donors (Lipinski definition) is 0. The molecule has 2 fully saturated rings. The average molecular weight is 457 g/mol. The maximum Gasteiger partial charge on any atom is 0.178 e. The van der Waals surface area contributed by atoms with Crippen molar-refractivity contribution in [3.63, 3.8) is 0 Å². The van der Waals surface area contributed by atoms with Crippen molar-refractivity contribution >= 4 is 6.08 Å². The van der Waals surface area contributed by atoms with Crippen LogP contribution in [0.5, 0.6) is 0 Å². The van der Waals surface area contributed by atoms with E-state index in [1.165, 1.54) is 28.8 Å². The molecule has 5 heteroatoms. The van der Waals surface area contributed by atoms with Crippen LogP contribution in [-0.4, -0.2) is 28.3 Å².